The van der Waals surface area contributed by atoms with Crippen LogP contribution in [0.3, 0.4) is 0 Å². The number of hydrogen-bond donors (Lipinski definition) is 1. The topological polar surface area (TPSA) is 32.3 Å². The first-order chi connectivity index (χ1) is 8.24. The molecule has 1 heterocycles. The van der Waals surface area contributed by atoms with E-state index in [4.69, 9.17) is 0 Å². The van der Waals surface area contributed by atoms with Crippen molar-refractivity contribution in [1.29, 1.82) is 0 Å². The molecule has 96 valence electrons. The van der Waals surface area contributed by atoms with Crippen LogP contribution in [0.4, 0.5) is 0 Å². The summed E-state index contributed by atoms with van der Waals surface area (Å²) in [4.78, 5) is 14.6. The van der Waals surface area contributed by atoms with E-state index in [1.54, 1.807) is 0 Å². The molecule has 0 aromatic heterocycles. The second kappa shape index (κ2) is 4.60. The molecule has 3 unspecified atom stereocenters. The number of carbonyl (C=O) groups is 1. The molecule has 3 heteroatoms. The highest BCUT2D eigenvalue weighted by Gasteiger charge is 2.37. The van der Waals surface area contributed by atoms with Gasteiger partial charge in [-0.15, -0.1) is 0 Å². The van der Waals surface area contributed by atoms with Crippen molar-refractivity contribution in [3.63, 3.8) is 0 Å². The highest BCUT2D eigenvalue weighted by atomic mass is 16.2. The van der Waals surface area contributed by atoms with E-state index in [1.165, 1.54) is 38.5 Å². The molecule has 2 aliphatic carbocycles. The van der Waals surface area contributed by atoms with E-state index < -0.39 is 0 Å². The maximum Gasteiger partial charge on any atom is 0.239 e. The Morgan fingerprint density at radius 1 is 1.18 bits per heavy atom. The van der Waals surface area contributed by atoms with Gasteiger partial charge in [-0.1, -0.05) is 6.92 Å². The van der Waals surface area contributed by atoms with E-state index in [-0.39, 0.29) is 6.04 Å². The molecule has 1 amide bonds. The Bertz CT molecular complexity index is 301. The first-order valence-electron chi connectivity index (χ1n) is 7.30. The van der Waals surface area contributed by atoms with Crippen molar-refractivity contribution < 1.29 is 4.79 Å². The molecule has 3 fully saturated rings. The van der Waals surface area contributed by atoms with Gasteiger partial charge in [0.25, 0.3) is 0 Å². The van der Waals surface area contributed by atoms with Gasteiger partial charge in [0.2, 0.25) is 5.91 Å². The van der Waals surface area contributed by atoms with Gasteiger partial charge in [0.1, 0.15) is 0 Å². The molecule has 17 heavy (non-hydrogen) atoms. The molecule has 1 N–H and O–H groups in total. The molecule has 0 spiro atoms. The molecule has 3 rings (SSSR count). The monoisotopic (exact) mass is 236 g/mol. The molecule has 2 saturated carbocycles. The Balaban J connectivity index is 1.61. The van der Waals surface area contributed by atoms with Crippen LogP contribution in [0.25, 0.3) is 0 Å². The Kier molecular flexibility index (Phi) is 3.12. The number of piperidine rings is 1. The summed E-state index contributed by atoms with van der Waals surface area (Å²) in [5.74, 6) is 1.20. The number of amides is 1. The van der Waals surface area contributed by atoms with Gasteiger partial charge < -0.3 is 10.2 Å². The zero-order valence-electron chi connectivity index (χ0n) is 10.8. The molecule has 0 bridgehead atoms. The summed E-state index contributed by atoms with van der Waals surface area (Å²) in [7, 11) is 0. The molecule has 0 radical (unpaired) electrons. The van der Waals surface area contributed by atoms with Crippen LogP contribution in [-0.4, -0.2) is 35.5 Å². The lowest BCUT2D eigenvalue weighted by atomic mass is 10.0. The number of rotatable bonds is 3. The van der Waals surface area contributed by atoms with E-state index >= 15 is 0 Å². The van der Waals surface area contributed by atoms with Crippen molar-refractivity contribution in [3.8, 4) is 0 Å². The van der Waals surface area contributed by atoms with Gasteiger partial charge in [0.05, 0.1) is 6.04 Å². The summed E-state index contributed by atoms with van der Waals surface area (Å²) in [6, 6.07) is 1.32. The number of hydrogen-bond acceptors (Lipinski definition) is 2. The third-order valence-corrected chi connectivity index (χ3v) is 4.60. The standard InChI is InChI=1S/C14H24N2O/c1-10-4-7-12(9-10)16-8-2-3-13(14(16)17)15-11-5-6-11/h10-13,15H,2-9H2,1H3. The fourth-order valence-corrected chi connectivity index (χ4v) is 3.41. The quantitative estimate of drug-likeness (QED) is 0.812. The van der Waals surface area contributed by atoms with Crippen molar-refractivity contribution in [2.75, 3.05) is 6.54 Å². The van der Waals surface area contributed by atoms with E-state index in [0.717, 1.165) is 18.9 Å². The number of nitrogens with one attached hydrogen (secondary N) is 1. The van der Waals surface area contributed by atoms with Crippen molar-refractivity contribution in [3.05, 3.63) is 0 Å². The molecule has 3 nitrogen and oxygen atoms in total. The Morgan fingerprint density at radius 2 is 2.00 bits per heavy atom. The SMILES string of the molecule is CC1CCC(N2CCCC(NC3CC3)C2=O)C1. The number of likely N-dealkylation sites (tertiary alicyclic amines) is 1. The van der Waals surface area contributed by atoms with Gasteiger partial charge in [-0.05, 0) is 50.9 Å². The largest absolute Gasteiger partial charge is 0.338 e. The average molecular weight is 236 g/mol. The Labute approximate surface area is 104 Å². The minimum absolute atomic E-state index is 0.132. The maximum atomic E-state index is 12.4. The van der Waals surface area contributed by atoms with Crippen molar-refractivity contribution in [1.82, 2.24) is 10.2 Å². The Hall–Kier alpha value is -0.570. The predicted octanol–water partition coefficient (Wildman–Crippen LogP) is 1.92. The highest BCUT2D eigenvalue weighted by Crippen LogP contribution is 2.31. The number of nitrogens with zero attached hydrogens (tertiary/aromatic N) is 1. The number of carbonyl (C=O) groups excluding carboxylic acids is 1. The lowest BCUT2D eigenvalue weighted by molar-refractivity contribution is -0.138. The van der Waals surface area contributed by atoms with E-state index in [0.29, 0.717) is 18.0 Å². The van der Waals surface area contributed by atoms with Crippen LogP contribution in [0.15, 0.2) is 0 Å². The molecular formula is C14H24N2O. The molecule has 3 aliphatic rings. The fourth-order valence-electron chi connectivity index (χ4n) is 3.41. The van der Waals surface area contributed by atoms with Crippen LogP contribution < -0.4 is 5.32 Å². The van der Waals surface area contributed by atoms with Crippen molar-refractivity contribution in [2.45, 2.75) is 70.0 Å². The summed E-state index contributed by atoms with van der Waals surface area (Å²) >= 11 is 0. The third kappa shape index (κ3) is 2.49. The molecule has 1 aliphatic heterocycles. The molecule has 0 aromatic rings. The first kappa shape index (κ1) is 11.5. The summed E-state index contributed by atoms with van der Waals surface area (Å²) in [6.07, 6.45) is 8.52. The van der Waals surface area contributed by atoms with Gasteiger partial charge in [-0.25, -0.2) is 0 Å². The van der Waals surface area contributed by atoms with Crippen LogP contribution in [0.5, 0.6) is 0 Å². The molecule has 0 aromatic carbocycles. The minimum Gasteiger partial charge on any atom is -0.338 e. The molecule has 3 atom stereocenters. The zero-order chi connectivity index (χ0) is 11.8. The van der Waals surface area contributed by atoms with Gasteiger partial charge in [0, 0.05) is 18.6 Å². The first-order valence-corrected chi connectivity index (χ1v) is 7.30. The second-order valence-electron chi connectivity index (χ2n) is 6.24. The molecular weight excluding hydrogens is 212 g/mol. The lowest BCUT2D eigenvalue weighted by Gasteiger charge is -2.37. The normalized spacial score (nSPS) is 38.8. The molecule has 1 saturated heterocycles. The predicted molar refractivity (Wildman–Crippen MR) is 67.7 cm³/mol. The highest BCUT2D eigenvalue weighted by molar-refractivity contribution is 5.83. The van der Waals surface area contributed by atoms with Gasteiger partial charge in [-0.2, -0.15) is 0 Å². The minimum atomic E-state index is 0.132. The van der Waals surface area contributed by atoms with E-state index in [9.17, 15) is 4.79 Å². The van der Waals surface area contributed by atoms with Crippen molar-refractivity contribution >= 4 is 5.91 Å². The maximum absolute atomic E-state index is 12.4. The summed E-state index contributed by atoms with van der Waals surface area (Å²) < 4.78 is 0. The van der Waals surface area contributed by atoms with Crippen LogP contribution in [0.1, 0.15) is 51.9 Å². The van der Waals surface area contributed by atoms with Crippen LogP contribution in [0, 0.1) is 5.92 Å². The summed E-state index contributed by atoms with van der Waals surface area (Å²) in [6.45, 7) is 3.31. The Morgan fingerprint density at radius 3 is 2.65 bits per heavy atom. The van der Waals surface area contributed by atoms with Gasteiger partial charge in [-0.3, -0.25) is 4.79 Å². The second-order valence-corrected chi connectivity index (χ2v) is 6.24. The van der Waals surface area contributed by atoms with Crippen LogP contribution >= 0.6 is 0 Å². The average Bonchev–Trinajstić information content (AvgIpc) is 3.02. The van der Waals surface area contributed by atoms with Gasteiger partial charge in [0.15, 0.2) is 0 Å². The van der Waals surface area contributed by atoms with Crippen LogP contribution in [0.2, 0.25) is 0 Å². The summed E-state index contributed by atoms with van der Waals surface area (Å²) in [5.41, 5.74) is 0. The zero-order valence-corrected chi connectivity index (χ0v) is 10.8. The summed E-state index contributed by atoms with van der Waals surface area (Å²) in [5, 5.41) is 3.52. The van der Waals surface area contributed by atoms with Crippen LogP contribution in [-0.2, 0) is 4.79 Å². The van der Waals surface area contributed by atoms with Crippen molar-refractivity contribution in [2.24, 2.45) is 5.92 Å². The third-order valence-electron chi connectivity index (χ3n) is 4.60. The smallest absolute Gasteiger partial charge is 0.239 e. The van der Waals surface area contributed by atoms with E-state index in [1.807, 2.05) is 0 Å². The fraction of sp³-hybridized carbons (Fsp3) is 0.929. The van der Waals surface area contributed by atoms with E-state index in [2.05, 4.69) is 17.1 Å². The van der Waals surface area contributed by atoms with Gasteiger partial charge >= 0.3 is 0 Å². The lowest BCUT2D eigenvalue weighted by Crippen LogP contribution is -2.54.